The molecule has 1 aromatic heterocycles. The van der Waals surface area contributed by atoms with Crippen molar-refractivity contribution in [2.45, 2.75) is 13.8 Å². The zero-order valence-corrected chi connectivity index (χ0v) is 13.8. The molecule has 0 saturated carbocycles. The number of aromatic nitrogens is 1. The highest BCUT2D eigenvalue weighted by Crippen LogP contribution is 2.31. The third-order valence-electron chi connectivity index (χ3n) is 2.55. The van der Waals surface area contributed by atoms with Crippen LogP contribution in [0.3, 0.4) is 0 Å². The molecule has 94 valence electrons. The van der Waals surface area contributed by atoms with Gasteiger partial charge in [-0.1, -0.05) is 11.6 Å². The molecule has 1 aromatic carbocycles. The Morgan fingerprint density at radius 3 is 2.50 bits per heavy atom. The zero-order valence-electron chi connectivity index (χ0n) is 9.89. The average molecular weight is 391 g/mol. The summed E-state index contributed by atoms with van der Waals surface area (Å²) in [6, 6.07) is 5.89. The first-order valence-corrected chi connectivity index (χ1v) is 7.28. The van der Waals surface area contributed by atoms with Crippen LogP contribution in [0.2, 0.25) is 5.02 Å². The molecule has 2 rings (SSSR count). The first-order valence-electron chi connectivity index (χ1n) is 5.32. The Hall–Kier alpha value is -0.580. The van der Waals surface area contributed by atoms with Crippen molar-refractivity contribution in [2.24, 2.45) is 0 Å². The van der Waals surface area contributed by atoms with Gasteiger partial charge in [0.25, 0.3) is 0 Å². The van der Waals surface area contributed by atoms with Gasteiger partial charge in [0.15, 0.2) is 0 Å². The van der Waals surface area contributed by atoms with E-state index in [1.54, 1.807) is 6.20 Å². The number of nitrogens with zero attached hydrogens (tertiary/aromatic N) is 1. The SMILES string of the molecule is Cc1cc(Br)c(Nc2ncc(Br)cc2C)cc1Cl. The van der Waals surface area contributed by atoms with Gasteiger partial charge in [0.2, 0.25) is 0 Å². The van der Waals surface area contributed by atoms with E-state index < -0.39 is 0 Å². The van der Waals surface area contributed by atoms with Gasteiger partial charge in [0.1, 0.15) is 5.82 Å². The molecule has 1 heterocycles. The smallest absolute Gasteiger partial charge is 0.133 e. The van der Waals surface area contributed by atoms with Gasteiger partial charge in [-0.25, -0.2) is 4.98 Å². The molecule has 0 aliphatic heterocycles. The summed E-state index contributed by atoms with van der Waals surface area (Å²) in [5.41, 5.74) is 3.01. The molecule has 1 N–H and O–H groups in total. The van der Waals surface area contributed by atoms with E-state index in [0.29, 0.717) is 0 Å². The van der Waals surface area contributed by atoms with Gasteiger partial charge in [-0.05, 0) is 75.0 Å². The van der Waals surface area contributed by atoms with Crippen LogP contribution in [0.15, 0.2) is 33.3 Å². The Morgan fingerprint density at radius 2 is 1.83 bits per heavy atom. The van der Waals surface area contributed by atoms with Gasteiger partial charge in [-0.2, -0.15) is 0 Å². The van der Waals surface area contributed by atoms with Crippen molar-refractivity contribution in [2.75, 3.05) is 5.32 Å². The molecular formula is C13H11Br2ClN2. The lowest BCUT2D eigenvalue weighted by Gasteiger charge is -2.12. The average Bonchev–Trinajstić information content (AvgIpc) is 2.29. The van der Waals surface area contributed by atoms with Crippen molar-refractivity contribution in [1.29, 1.82) is 0 Å². The van der Waals surface area contributed by atoms with Crippen molar-refractivity contribution < 1.29 is 0 Å². The normalized spacial score (nSPS) is 10.5. The minimum atomic E-state index is 0.732. The second kappa shape index (κ2) is 5.59. The molecule has 0 aliphatic rings. The molecule has 18 heavy (non-hydrogen) atoms. The Labute approximate surface area is 128 Å². The Morgan fingerprint density at radius 1 is 1.11 bits per heavy atom. The third kappa shape index (κ3) is 3.05. The Balaban J connectivity index is 2.37. The van der Waals surface area contributed by atoms with Crippen molar-refractivity contribution in [3.8, 4) is 0 Å². The molecule has 0 atom stereocenters. The van der Waals surface area contributed by atoms with Crippen LogP contribution in [-0.4, -0.2) is 4.98 Å². The van der Waals surface area contributed by atoms with Gasteiger partial charge < -0.3 is 5.32 Å². The van der Waals surface area contributed by atoms with Crippen LogP contribution in [0.5, 0.6) is 0 Å². The fraction of sp³-hybridized carbons (Fsp3) is 0.154. The summed E-state index contributed by atoms with van der Waals surface area (Å²) in [7, 11) is 0. The first-order chi connectivity index (χ1) is 8.47. The van der Waals surface area contributed by atoms with Gasteiger partial charge in [0, 0.05) is 20.2 Å². The fourth-order valence-electron chi connectivity index (χ4n) is 1.54. The second-order valence-corrected chi connectivity index (χ2v) is 6.20. The summed E-state index contributed by atoms with van der Waals surface area (Å²) in [4.78, 5) is 4.34. The predicted molar refractivity (Wildman–Crippen MR) is 83.8 cm³/mol. The summed E-state index contributed by atoms with van der Waals surface area (Å²) in [5, 5.41) is 4.00. The van der Waals surface area contributed by atoms with Gasteiger partial charge in [-0.3, -0.25) is 0 Å². The number of rotatable bonds is 2. The zero-order chi connectivity index (χ0) is 13.3. The van der Waals surface area contributed by atoms with Crippen molar-refractivity contribution >= 4 is 55.0 Å². The van der Waals surface area contributed by atoms with Crippen LogP contribution in [-0.2, 0) is 0 Å². The van der Waals surface area contributed by atoms with Crippen molar-refractivity contribution in [3.63, 3.8) is 0 Å². The van der Waals surface area contributed by atoms with E-state index in [1.807, 2.05) is 32.0 Å². The Bertz CT molecular complexity index is 600. The molecule has 0 saturated heterocycles. The maximum Gasteiger partial charge on any atom is 0.133 e. The molecule has 2 aromatic rings. The number of anilines is 2. The van der Waals surface area contributed by atoms with Crippen molar-refractivity contribution in [1.82, 2.24) is 4.98 Å². The molecule has 0 fully saturated rings. The minimum Gasteiger partial charge on any atom is -0.339 e. The number of halogens is 3. The van der Waals surface area contributed by atoms with E-state index in [4.69, 9.17) is 11.6 Å². The molecule has 5 heteroatoms. The van der Waals surface area contributed by atoms with E-state index in [1.165, 1.54) is 0 Å². The minimum absolute atomic E-state index is 0.732. The van der Waals surface area contributed by atoms with Crippen LogP contribution in [0.1, 0.15) is 11.1 Å². The van der Waals surface area contributed by atoms with E-state index in [9.17, 15) is 0 Å². The predicted octanol–water partition coefficient (Wildman–Crippen LogP) is 5.62. The highest BCUT2D eigenvalue weighted by atomic mass is 79.9. The van der Waals surface area contributed by atoms with Crippen LogP contribution in [0, 0.1) is 13.8 Å². The number of nitrogens with one attached hydrogen (secondary N) is 1. The maximum absolute atomic E-state index is 6.13. The number of pyridine rings is 1. The number of aryl methyl sites for hydroxylation is 2. The van der Waals surface area contributed by atoms with Crippen LogP contribution in [0.4, 0.5) is 11.5 Å². The number of hydrogen-bond donors (Lipinski definition) is 1. The number of hydrogen-bond acceptors (Lipinski definition) is 2. The molecule has 0 bridgehead atoms. The molecule has 0 amide bonds. The fourth-order valence-corrected chi connectivity index (χ4v) is 2.71. The quantitative estimate of drug-likeness (QED) is 0.720. The van der Waals surface area contributed by atoms with Crippen molar-refractivity contribution in [3.05, 3.63) is 49.5 Å². The lowest BCUT2D eigenvalue weighted by molar-refractivity contribution is 1.24. The molecular weight excluding hydrogens is 379 g/mol. The van der Waals surface area contributed by atoms with E-state index >= 15 is 0 Å². The lowest BCUT2D eigenvalue weighted by Crippen LogP contribution is -1.97. The summed E-state index contributed by atoms with van der Waals surface area (Å²) < 4.78 is 1.93. The lowest BCUT2D eigenvalue weighted by atomic mass is 10.2. The first kappa shape index (κ1) is 13.8. The van der Waals surface area contributed by atoms with E-state index in [0.717, 1.165) is 36.6 Å². The topological polar surface area (TPSA) is 24.9 Å². The van der Waals surface area contributed by atoms with Gasteiger partial charge >= 0.3 is 0 Å². The van der Waals surface area contributed by atoms with Gasteiger partial charge in [-0.15, -0.1) is 0 Å². The summed E-state index contributed by atoms with van der Waals surface area (Å²) in [6.07, 6.45) is 1.76. The van der Waals surface area contributed by atoms with Gasteiger partial charge in [0.05, 0.1) is 5.69 Å². The van der Waals surface area contributed by atoms with Crippen LogP contribution >= 0.6 is 43.5 Å². The Kier molecular flexibility index (Phi) is 4.30. The molecule has 2 nitrogen and oxygen atoms in total. The largest absolute Gasteiger partial charge is 0.339 e. The number of benzene rings is 1. The summed E-state index contributed by atoms with van der Waals surface area (Å²) in [6.45, 7) is 3.98. The second-order valence-electron chi connectivity index (χ2n) is 4.03. The van der Waals surface area contributed by atoms with Crippen LogP contribution < -0.4 is 5.32 Å². The summed E-state index contributed by atoms with van der Waals surface area (Å²) in [5.74, 6) is 0.818. The van der Waals surface area contributed by atoms with Crippen LogP contribution in [0.25, 0.3) is 0 Å². The standard InChI is InChI=1S/C13H11Br2ClN2/c1-7-4-10(15)12(5-11(7)16)18-13-8(2)3-9(14)6-17-13/h3-6H,1-2H3,(H,17,18). The molecule has 0 radical (unpaired) electrons. The monoisotopic (exact) mass is 388 g/mol. The highest BCUT2D eigenvalue weighted by molar-refractivity contribution is 9.10. The third-order valence-corrected chi connectivity index (χ3v) is 4.04. The summed E-state index contributed by atoms with van der Waals surface area (Å²) >= 11 is 13.0. The maximum atomic E-state index is 6.13. The highest BCUT2D eigenvalue weighted by Gasteiger charge is 2.07. The molecule has 0 aliphatic carbocycles. The van der Waals surface area contributed by atoms with E-state index in [2.05, 4.69) is 42.2 Å². The molecule has 0 spiro atoms. The molecule has 0 unspecified atom stereocenters. The van der Waals surface area contributed by atoms with E-state index in [-0.39, 0.29) is 0 Å².